The summed E-state index contributed by atoms with van der Waals surface area (Å²) < 4.78 is 10.1. The van der Waals surface area contributed by atoms with Crippen molar-refractivity contribution in [2.45, 2.75) is 13.5 Å². The normalized spacial score (nSPS) is 10.6. The molecule has 0 fully saturated rings. The lowest BCUT2D eigenvalue weighted by Gasteiger charge is -2.00. The fourth-order valence-corrected chi connectivity index (χ4v) is 3.24. The third-order valence-corrected chi connectivity index (χ3v) is 4.77. The summed E-state index contributed by atoms with van der Waals surface area (Å²) in [6.07, 6.45) is 0. The Morgan fingerprint density at radius 1 is 1.31 bits per heavy atom. The Morgan fingerprint density at radius 3 is 2.73 bits per heavy atom. The van der Waals surface area contributed by atoms with Gasteiger partial charge in [-0.2, -0.15) is 0 Å². The van der Waals surface area contributed by atoms with Gasteiger partial charge in [0.2, 0.25) is 0 Å². The van der Waals surface area contributed by atoms with E-state index in [4.69, 9.17) is 16.0 Å². The number of hydrogen-bond acceptors (Lipinski definition) is 6. The molecule has 0 aliphatic heterocycles. The van der Waals surface area contributed by atoms with Gasteiger partial charge in [0, 0.05) is 16.0 Å². The number of benzene rings is 1. The van der Waals surface area contributed by atoms with E-state index in [-0.39, 0.29) is 12.5 Å². The van der Waals surface area contributed by atoms with Crippen LogP contribution >= 0.6 is 22.9 Å². The molecule has 0 atom stereocenters. The number of carbonyl (C=O) groups is 2. The van der Waals surface area contributed by atoms with E-state index in [1.807, 2.05) is 12.1 Å². The van der Waals surface area contributed by atoms with Crippen molar-refractivity contribution in [2.75, 3.05) is 7.11 Å². The second-order valence-electron chi connectivity index (χ2n) is 5.40. The molecule has 26 heavy (non-hydrogen) atoms. The molecular weight excluding hydrogens is 376 g/mol. The lowest BCUT2D eigenvalue weighted by Crippen LogP contribution is -2.22. The van der Waals surface area contributed by atoms with Crippen molar-refractivity contribution in [1.29, 1.82) is 0 Å². The minimum absolute atomic E-state index is 0.143. The third kappa shape index (κ3) is 3.95. The zero-order chi connectivity index (χ0) is 18.7. The molecule has 2 aromatic heterocycles. The van der Waals surface area contributed by atoms with E-state index in [9.17, 15) is 9.59 Å². The summed E-state index contributed by atoms with van der Waals surface area (Å²) in [7, 11) is 1.30. The predicted molar refractivity (Wildman–Crippen MR) is 98.5 cm³/mol. The number of hydrogen-bond donors (Lipinski definition) is 1. The Balaban J connectivity index is 1.66. The summed E-state index contributed by atoms with van der Waals surface area (Å²) in [4.78, 5) is 28.2. The first-order valence-electron chi connectivity index (χ1n) is 7.65. The number of halogens is 1. The second kappa shape index (κ2) is 7.72. The first kappa shape index (κ1) is 18.2. The van der Waals surface area contributed by atoms with E-state index in [2.05, 4.69) is 15.0 Å². The molecule has 1 amide bonds. The van der Waals surface area contributed by atoms with E-state index in [1.54, 1.807) is 30.5 Å². The van der Waals surface area contributed by atoms with Crippen LogP contribution in [0.3, 0.4) is 0 Å². The molecule has 6 nitrogen and oxygen atoms in total. The Bertz CT molecular complexity index is 947. The molecule has 134 valence electrons. The number of thiazole rings is 1. The first-order chi connectivity index (χ1) is 12.5. The van der Waals surface area contributed by atoms with Gasteiger partial charge in [-0.15, -0.1) is 11.3 Å². The molecule has 0 spiro atoms. The zero-order valence-corrected chi connectivity index (χ0v) is 15.6. The highest BCUT2D eigenvalue weighted by Gasteiger charge is 2.17. The van der Waals surface area contributed by atoms with E-state index in [0.29, 0.717) is 27.8 Å². The molecule has 0 aliphatic carbocycles. The molecule has 0 bridgehead atoms. The van der Waals surface area contributed by atoms with Gasteiger partial charge in [-0.05, 0) is 25.1 Å². The summed E-state index contributed by atoms with van der Waals surface area (Å²) in [5, 5.41) is 5.78. The van der Waals surface area contributed by atoms with Crippen LogP contribution in [0.15, 0.2) is 40.1 Å². The van der Waals surface area contributed by atoms with Gasteiger partial charge in [0.15, 0.2) is 0 Å². The lowest BCUT2D eigenvalue weighted by molar-refractivity contribution is 0.0598. The SMILES string of the molecule is COC(=O)c1cc(CNC(=O)c2csc(-c3ccc(Cl)cc3)n2)oc1C. The van der Waals surface area contributed by atoms with Crippen LogP contribution in [-0.4, -0.2) is 24.0 Å². The minimum atomic E-state index is -0.476. The Labute approximate surface area is 158 Å². The quantitative estimate of drug-likeness (QED) is 0.664. The van der Waals surface area contributed by atoms with Crippen molar-refractivity contribution >= 4 is 34.8 Å². The minimum Gasteiger partial charge on any atom is -0.465 e. The van der Waals surface area contributed by atoms with E-state index >= 15 is 0 Å². The largest absolute Gasteiger partial charge is 0.465 e. The van der Waals surface area contributed by atoms with Gasteiger partial charge in [-0.1, -0.05) is 23.7 Å². The molecule has 0 saturated heterocycles. The van der Waals surface area contributed by atoms with Crippen LogP contribution in [0.1, 0.15) is 32.4 Å². The summed E-state index contributed by atoms with van der Waals surface area (Å²) in [5.41, 5.74) is 1.55. The number of rotatable bonds is 5. The van der Waals surface area contributed by atoms with Crippen molar-refractivity contribution in [3.63, 3.8) is 0 Å². The third-order valence-electron chi connectivity index (χ3n) is 3.63. The number of esters is 1. The molecule has 0 aliphatic rings. The smallest absolute Gasteiger partial charge is 0.341 e. The lowest BCUT2D eigenvalue weighted by atomic mass is 10.2. The maximum Gasteiger partial charge on any atom is 0.341 e. The molecule has 0 radical (unpaired) electrons. The summed E-state index contributed by atoms with van der Waals surface area (Å²) in [5.74, 6) is 0.107. The topological polar surface area (TPSA) is 81.4 Å². The molecule has 0 unspecified atom stereocenters. The predicted octanol–water partition coefficient (Wildman–Crippen LogP) is 4.08. The number of ether oxygens (including phenoxy) is 1. The van der Waals surface area contributed by atoms with E-state index in [1.165, 1.54) is 18.4 Å². The zero-order valence-electron chi connectivity index (χ0n) is 14.0. The van der Waals surface area contributed by atoms with Gasteiger partial charge in [-0.25, -0.2) is 9.78 Å². The molecule has 1 aromatic carbocycles. The van der Waals surface area contributed by atoms with Gasteiger partial charge in [0.1, 0.15) is 27.8 Å². The van der Waals surface area contributed by atoms with Gasteiger partial charge in [-0.3, -0.25) is 4.79 Å². The van der Waals surface area contributed by atoms with Gasteiger partial charge in [0.25, 0.3) is 5.91 Å². The fourth-order valence-electron chi connectivity index (χ4n) is 2.30. The summed E-state index contributed by atoms with van der Waals surface area (Å²) in [6, 6.07) is 8.81. The Hall–Kier alpha value is -2.64. The van der Waals surface area contributed by atoms with Gasteiger partial charge < -0.3 is 14.5 Å². The number of amides is 1. The van der Waals surface area contributed by atoms with Crippen LogP contribution in [0, 0.1) is 6.92 Å². The second-order valence-corrected chi connectivity index (χ2v) is 6.70. The average molecular weight is 391 g/mol. The van der Waals surface area contributed by atoms with E-state index < -0.39 is 5.97 Å². The highest BCUT2D eigenvalue weighted by Crippen LogP contribution is 2.25. The van der Waals surface area contributed by atoms with Crippen LogP contribution in [0.5, 0.6) is 0 Å². The monoisotopic (exact) mass is 390 g/mol. The molecule has 0 saturated carbocycles. The average Bonchev–Trinajstić information content (AvgIpc) is 3.27. The van der Waals surface area contributed by atoms with Crippen LogP contribution in [0.2, 0.25) is 5.02 Å². The number of methoxy groups -OCH3 is 1. The summed E-state index contributed by atoms with van der Waals surface area (Å²) >= 11 is 7.25. The van der Waals surface area contributed by atoms with Crippen molar-refractivity contribution < 1.29 is 18.7 Å². The van der Waals surface area contributed by atoms with Crippen LogP contribution < -0.4 is 5.32 Å². The van der Waals surface area contributed by atoms with Crippen molar-refractivity contribution in [3.05, 3.63) is 63.5 Å². The molecule has 8 heteroatoms. The maximum atomic E-state index is 12.3. The van der Waals surface area contributed by atoms with Crippen LogP contribution in [-0.2, 0) is 11.3 Å². The molecular formula is C18H15ClN2O4S. The number of aromatic nitrogens is 1. The molecule has 1 N–H and O–H groups in total. The van der Waals surface area contributed by atoms with Crippen molar-refractivity contribution in [1.82, 2.24) is 10.3 Å². The van der Waals surface area contributed by atoms with Crippen molar-refractivity contribution in [3.8, 4) is 10.6 Å². The summed E-state index contributed by atoms with van der Waals surface area (Å²) in [6.45, 7) is 1.81. The van der Waals surface area contributed by atoms with Crippen LogP contribution in [0.25, 0.3) is 10.6 Å². The highest BCUT2D eigenvalue weighted by atomic mass is 35.5. The van der Waals surface area contributed by atoms with Gasteiger partial charge >= 0.3 is 5.97 Å². The maximum absolute atomic E-state index is 12.3. The van der Waals surface area contributed by atoms with E-state index in [0.717, 1.165) is 10.6 Å². The van der Waals surface area contributed by atoms with Gasteiger partial charge in [0.05, 0.1) is 13.7 Å². The highest BCUT2D eigenvalue weighted by molar-refractivity contribution is 7.13. The number of carbonyl (C=O) groups excluding carboxylic acids is 2. The number of aryl methyl sites for hydroxylation is 1. The molecule has 3 rings (SSSR count). The number of furan rings is 1. The molecule has 2 heterocycles. The Kier molecular flexibility index (Phi) is 5.39. The Morgan fingerprint density at radius 2 is 2.04 bits per heavy atom. The van der Waals surface area contributed by atoms with Crippen molar-refractivity contribution in [2.24, 2.45) is 0 Å². The molecule has 3 aromatic rings. The van der Waals surface area contributed by atoms with Crippen LogP contribution in [0.4, 0.5) is 0 Å². The first-order valence-corrected chi connectivity index (χ1v) is 8.91. The fraction of sp³-hybridized carbons (Fsp3) is 0.167. The standard InChI is InChI=1S/C18H15ClN2O4S/c1-10-14(18(23)24-2)7-13(25-10)8-20-16(22)15-9-26-17(21-15)11-3-5-12(19)6-4-11/h3-7,9H,8H2,1-2H3,(H,20,22). The number of nitrogens with zero attached hydrogens (tertiary/aromatic N) is 1. The number of nitrogens with one attached hydrogen (secondary N) is 1.